The lowest BCUT2D eigenvalue weighted by molar-refractivity contribution is 0.0943. The van der Waals surface area contributed by atoms with Gasteiger partial charge in [-0.2, -0.15) is 0 Å². The molecule has 0 unspecified atom stereocenters. The highest BCUT2D eigenvalue weighted by atomic mass is 16.3. The fourth-order valence-corrected chi connectivity index (χ4v) is 1.82. The first-order chi connectivity index (χ1) is 7.58. The van der Waals surface area contributed by atoms with Gasteiger partial charge in [0.2, 0.25) is 0 Å². The maximum Gasteiger partial charge on any atom is 0.198 e. The summed E-state index contributed by atoms with van der Waals surface area (Å²) in [7, 11) is 0. The number of fused-ring (bicyclic) bond motifs is 1. The van der Waals surface area contributed by atoms with Gasteiger partial charge in [0.15, 0.2) is 11.5 Å². The molecule has 0 amide bonds. The number of ketones is 1. The van der Waals surface area contributed by atoms with Crippen LogP contribution in [0.2, 0.25) is 0 Å². The van der Waals surface area contributed by atoms with E-state index in [1.165, 1.54) is 0 Å². The van der Waals surface area contributed by atoms with Crippen molar-refractivity contribution in [2.45, 2.75) is 27.2 Å². The van der Waals surface area contributed by atoms with E-state index in [-0.39, 0.29) is 5.78 Å². The van der Waals surface area contributed by atoms with E-state index < -0.39 is 0 Å². The quantitative estimate of drug-likeness (QED) is 0.727. The highest BCUT2D eigenvalue weighted by molar-refractivity contribution is 5.98. The normalized spacial score (nSPS) is 11.2. The summed E-state index contributed by atoms with van der Waals surface area (Å²) in [5.41, 5.74) is 1.90. The molecule has 1 heterocycles. The first-order valence-corrected chi connectivity index (χ1v) is 5.60. The predicted octanol–water partition coefficient (Wildman–Crippen LogP) is 3.97. The molecule has 0 aliphatic heterocycles. The van der Waals surface area contributed by atoms with Gasteiger partial charge in [0.05, 0.1) is 0 Å². The van der Waals surface area contributed by atoms with Gasteiger partial charge in [-0.25, -0.2) is 0 Å². The summed E-state index contributed by atoms with van der Waals surface area (Å²) in [6, 6.07) is 7.78. The topological polar surface area (TPSA) is 30.2 Å². The molecule has 0 fully saturated rings. The van der Waals surface area contributed by atoms with Crippen LogP contribution in [0.5, 0.6) is 0 Å². The SMILES string of the molecule is Cc1cccc2cc(C(=O)CC(C)C)oc12. The van der Waals surface area contributed by atoms with Gasteiger partial charge in [-0.1, -0.05) is 32.0 Å². The first-order valence-electron chi connectivity index (χ1n) is 5.60. The molecule has 0 saturated heterocycles. The fraction of sp³-hybridized carbons (Fsp3) is 0.357. The Hall–Kier alpha value is -1.57. The average Bonchev–Trinajstić information content (AvgIpc) is 2.61. The standard InChI is InChI=1S/C14H16O2/c1-9(2)7-12(15)13-8-11-6-4-5-10(3)14(11)16-13/h4-6,8-9H,7H2,1-3H3. The minimum Gasteiger partial charge on any atom is -0.453 e. The summed E-state index contributed by atoms with van der Waals surface area (Å²) in [4.78, 5) is 11.8. The number of benzene rings is 1. The third-order valence-electron chi connectivity index (χ3n) is 2.61. The maximum absolute atomic E-state index is 11.8. The van der Waals surface area contributed by atoms with Crippen LogP contribution >= 0.6 is 0 Å². The van der Waals surface area contributed by atoms with Gasteiger partial charge in [0.25, 0.3) is 0 Å². The Labute approximate surface area is 95.3 Å². The summed E-state index contributed by atoms with van der Waals surface area (Å²) in [6.07, 6.45) is 0.541. The number of hydrogen-bond acceptors (Lipinski definition) is 2. The van der Waals surface area contributed by atoms with Gasteiger partial charge in [-0.05, 0) is 24.5 Å². The third kappa shape index (κ3) is 2.01. The molecular formula is C14H16O2. The minimum atomic E-state index is 0.0885. The molecule has 0 aliphatic rings. The summed E-state index contributed by atoms with van der Waals surface area (Å²) in [6.45, 7) is 6.06. The van der Waals surface area contributed by atoms with E-state index in [1.54, 1.807) is 0 Å². The average molecular weight is 216 g/mol. The van der Waals surface area contributed by atoms with E-state index in [4.69, 9.17) is 4.42 Å². The Morgan fingerprint density at radius 2 is 2.12 bits per heavy atom. The third-order valence-corrected chi connectivity index (χ3v) is 2.61. The second-order valence-corrected chi connectivity index (χ2v) is 4.63. The number of rotatable bonds is 3. The van der Waals surface area contributed by atoms with Crippen LogP contribution in [0.3, 0.4) is 0 Å². The van der Waals surface area contributed by atoms with Crippen LogP contribution in [-0.4, -0.2) is 5.78 Å². The summed E-state index contributed by atoms with van der Waals surface area (Å²) in [5.74, 6) is 0.936. The van der Waals surface area contributed by atoms with Crippen LogP contribution in [0.15, 0.2) is 28.7 Å². The molecule has 0 N–H and O–H groups in total. The molecule has 2 nitrogen and oxygen atoms in total. The molecule has 16 heavy (non-hydrogen) atoms. The van der Waals surface area contributed by atoms with E-state index in [9.17, 15) is 4.79 Å². The van der Waals surface area contributed by atoms with Crippen molar-refractivity contribution in [2.24, 2.45) is 5.92 Å². The van der Waals surface area contributed by atoms with Gasteiger partial charge < -0.3 is 4.42 Å². The zero-order chi connectivity index (χ0) is 11.7. The van der Waals surface area contributed by atoms with E-state index in [0.29, 0.717) is 18.1 Å². The fourth-order valence-electron chi connectivity index (χ4n) is 1.82. The lowest BCUT2D eigenvalue weighted by atomic mass is 10.1. The summed E-state index contributed by atoms with van der Waals surface area (Å²) < 4.78 is 5.61. The van der Waals surface area contributed by atoms with E-state index in [1.807, 2.05) is 45.0 Å². The molecule has 0 atom stereocenters. The lowest BCUT2D eigenvalue weighted by Crippen LogP contribution is -2.01. The second-order valence-electron chi connectivity index (χ2n) is 4.63. The molecular weight excluding hydrogens is 200 g/mol. The number of carbonyl (C=O) groups excluding carboxylic acids is 1. The van der Waals surface area contributed by atoms with Crippen LogP contribution in [0, 0.1) is 12.8 Å². The number of para-hydroxylation sites is 1. The van der Waals surface area contributed by atoms with E-state index >= 15 is 0 Å². The van der Waals surface area contributed by atoms with Crippen molar-refractivity contribution >= 4 is 16.8 Å². The molecule has 1 aromatic heterocycles. The van der Waals surface area contributed by atoms with Crippen molar-refractivity contribution in [3.05, 3.63) is 35.6 Å². The Morgan fingerprint density at radius 1 is 1.38 bits per heavy atom. The van der Waals surface area contributed by atoms with E-state index in [0.717, 1.165) is 16.5 Å². The Morgan fingerprint density at radius 3 is 2.75 bits per heavy atom. The molecule has 0 bridgehead atoms. The van der Waals surface area contributed by atoms with Crippen LogP contribution in [0.1, 0.15) is 36.4 Å². The predicted molar refractivity (Wildman–Crippen MR) is 64.7 cm³/mol. The minimum absolute atomic E-state index is 0.0885. The van der Waals surface area contributed by atoms with Crippen LogP contribution in [-0.2, 0) is 0 Å². The van der Waals surface area contributed by atoms with Crippen molar-refractivity contribution in [1.82, 2.24) is 0 Å². The number of hydrogen-bond donors (Lipinski definition) is 0. The zero-order valence-electron chi connectivity index (χ0n) is 9.91. The van der Waals surface area contributed by atoms with Crippen molar-refractivity contribution in [1.29, 1.82) is 0 Å². The lowest BCUT2D eigenvalue weighted by Gasteiger charge is -1.99. The largest absolute Gasteiger partial charge is 0.453 e. The zero-order valence-corrected chi connectivity index (χ0v) is 9.91. The molecule has 0 aliphatic carbocycles. The highest BCUT2D eigenvalue weighted by Gasteiger charge is 2.14. The second kappa shape index (κ2) is 4.12. The Balaban J connectivity index is 2.40. The van der Waals surface area contributed by atoms with Crippen molar-refractivity contribution in [3.63, 3.8) is 0 Å². The summed E-state index contributed by atoms with van der Waals surface area (Å²) >= 11 is 0. The number of Topliss-reactive ketones (excluding diaryl/α,β-unsaturated/α-hetero) is 1. The Bertz CT molecular complexity index is 521. The van der Waals surface area contributed by atoms with Crippen LogP contribution in [0.25, 0.3) is 11.0 Å². The van der Waals surface area contributed by atoms with Crippen molar-refractivity contribution in [2.75, 3.05) is 0 Å². The van der Waals surface area contributed by atoms with Gasteiger partial charge in [0, 0.05) is 11.8 Å². The molecule has 0 spiro atoms. The number of aryl methyl sites for hydroxylation is 1. The van der Waals surface area contributed by atoms with Crippen LogP contribution in [0.4, 0.5) is 0 Å². The Kier molecular flexibility index (Phi) is 2.82. The van der Waals surface area contributed by atoms with Gasteiger partial charge in [-0.3, -0.25) is 4.79 Å². The molecule has 0 saturated carbocycles. The molecule has 1 aromatic carbocycles. The number of carbonyl (C=O) groups is 1. The number of furan rings is 1. The molecule has 2 heteroatoms. The molecule has 84 valence electrons. The smallest absolute Gasteiger partial charge is 0.198 e. The van der Waals surface area contributed by atoms with Crippen molar-refractivity contribution < 1.29 is 9.21 Å². The maximum atomic E-state index is 11.8. The highest BCUT2D eigenvalue weighted by Crippen LogP contribution is 2.23. The van der Waals surface area contributed by atoms with Crippen LogP contribution < -0.4 is 0 Å². The monoisotopic (exact) mass is 216 g/mol. The molecule has 2 aromatic rings. The van der Waals surface area contributed by atoms with E-state index in [2.05, 4.69) is 0 Å². The van der Waals surface area contributed by atoms with Crippen molar-refractivity contribution in [3.8, 4) is 0 Å². The van der Waals surface area contributed by atoms with Gasteiger partial charge >= 0.3 is 0 Å². The summed E-state index contributed by atoms with van der Waals surface area (Å²) in [5, 5.41) is 1.01. The van der Waals surface area contributed by atoms with Gasteiger partial charge in [-0.15, -0.1) is 0 Å². The molecule has 2 rings (SSSR count). The first kappa shape index (κ1) is 10.9. The van der Waals surface area contributed by atoms with Gasteiger partial charge in [0.1, 0.15) is 5.58 Å². The molecule has 0 radical (unpaired) electrons.